The van der Waals surface area contributed by atoms with Gasteiger partial charge >= 0.3 is 0 Å². The molecule has 0 saturated heterocycles. The van der Waals surface area contributed by atoms with Gasteiger partial charge in [0.2, 0.25) is 0 Å². The monoisotopic (exact) mass is 278 g/mol. The fourth-order valence-electron chi connectivity index (χ4n) is 2.50. The second kappa shape index (κ2) is 7.32. The molecular weight excluding hydrogens is 252 g/mol. The maximum atomic E-state index is 3.73. The molecule has 19 heavy (non-hydrogen) atoms. The second-order valence-electron chi connectivity index (χ2n) is 5.42. The number of likely N-dealkylation sites (N-methyl/N-ethyl adjacent to an activating group) is 1. The van der Waals surface area contributed by atoms with E-state index in [2.05, 4.69) is 55.4 Å². The number of hydrogen-bond acceptors (Lipinski definition) is 3. The van der Waals surface area contributed by atoms with E-state index in [1.165, 1.54) is 29.1 Å². The van der Waals surface area contributed by atoms with E-state index in [-0.39, 0.29) is 0 Å². The van der Waals surface area contributed by atoms with Crippen molar-refractivity contribution in [2.75, 3.05) is 25.9 Å². The molecule has 2 unspecified atom stereocenters. The molecule has 106 valence electrons. The number of nitrogens with zero attached hydrogens (tertiary/aromatic N) is 1. The van der Waals surface area contributed by atoms with E-state index >= 15 is 0 Å². The highest BCUT2D eigenvalue weighted by Crippen LogP contribution is 2.35. The van der Waals surface area contributed by atoms with E-state index < -0.39 is 0 Å². The minimum absolute atomic E-state index is 0.544. The van der Waals surface area contributed by atoms with Crippen LogP contribution >= 0.6 is 11.8 Å². The van der Waals surface area contributed by atoms with Crippen molar-refractivity contribution < 1.29 is 0 Å². The van der Waals surface area contributed by atoms with Crippen LogP contribution in [0.1, 0.15) is 38.3 Å². The number of rotatable bonds is 6. The number of thioether (sulfide) groups is 1. The molecule has 2 rings (SSSR count). The zero-order valence-electron chi connectivity index (χ0n) is 12.4. The van der Waals surface area contributed by atoms with E-state index in [1.54, 1.807) is 0 Å². The zero-order chi connectivity index (χ0) is 13.7. The lowest BCUT2D eigenvalue weighted by molar-refractivity contribution is 0.247. The molecule has 0 aromatic heterocycles. The largest absolute Gasteiger partial charge is 0.309 e. The van der Waals surface area contributed by atoms with Crippen molar-refractivity contribution in [3.63, 3.8) is 0 Å². The minimum Gasteiger partial charge on any atom is -0.309 e. The quantitative estimate of drug-likeness (QED) is 0.857. The first-order valence-electron chi connectivity index (χ1n) is 7.37. The van der Waals surface area contributed by atoms with Gasteiger partial charge < -0.3 is 10.2 Å². The molecule has 2 atom stereocenters. The summed E-state index contributed by atoms with van der Waals surface area (Å²) < 4.78 is 0. The topological polar surface area (TPSA) is 15.3 Å². The van der Waals surface area contributed by atoms with Crippen molar-refractivity contribution in [2.45, 2.75) is 43.7 Å². The fourth-order valence-corrected chi connectivity index (χ4v) is 3.63. The van der Waals surface area contributed by atoms with E-state index in [0.29, 0.717) is 12.1 Å². The number of hydrogen-bond donors (Lipinski definition) is 1. The lowest BCUT2D eigenvalue weighted by Gasteiger charge is -2.28. The highest BCUT2D eigenvalue weighted by Gasteiger charge is 2.19. The van der Waals surface area contributed by atoms with Crippen LogP contribution in [0.4, 0.5) is 0 Å². The summed E-state index contributed by atoms with van der Waals surface area (Å²) in [7, 11) is 2.22. The smallest absolute Gasteiger partial charge is 0.0339 e. The van der Waals surface area contributed by atoms with Crippen LogP contribution < -0.4 is 5.32 Å². The van der Waals surface area contributed by atoms with Gasteiger partial charge in [-0.25, -0.2) is 0 Å². The third-order valence-corrected chi connectivity index (χ3v) is 5.28. The lowest BCUT2D eigenvalue weighted by atomic mass is 10.0. The number of nitrogens with one attached hydrogen (secondary N) is 1. The Labute approximate surface area is 122 Å². The van der Waals surface area contributed by atoms with Crippen molar-refractivity contribution in [3.8, 4) is 0 Å². The fraction of sp³-hybridized carbons (Fsp3) is 0.625. The normalized spacial score (nSPS) is 20.3. The number of fused-ring (bicyclic) bond motifs is 1. The van der Waals surface area contributed by atoms with E-state index in [9.17, 15) is 0 Å². The molecule has 1 aliphatic rings. The summed E-state index contributed by atoms with van der Waals surface area (Å²) >= 11 is 1.99. The maximum Gasteiger partial charge on any atom is 0.0339 e. The molecule has 0 fully saturated rings. The first-order valence-corrected chi connectivity index (χ1v) is 8.36. The molecule has 0 bridgehead atoms. The summed E-state index contributed by atoms with van der Waals surface area (Å²) in [6.07, 6.45) is 2.47. The van der Waals surface area contributed by atoms with Crippen LogP contribution in [0.2, 0.25) is 0 Å². The summed E-state index contributed by atoms with van der Waals surface area (Å²) in [5.74, 6) is 1.23. The molecule has 0 spiro atoms. The van der Waals surface area contributed by atoms with Crippen LogP contribution in [0.15, 0.2) is 29.2 Å². The summed E-state index contributed by atoms with van der Waals surface area (Å²) in [5.41, 5.74) is 1.49. The highest BCUT2D eigenvalue weighted by molar-refractivity contribution is 7.99. The Morgan fingerprint density at radius 3 is 3.00 bits per heavy atom. The SMILES string of the molecule is CCC(C)N(C)CCNC1CCSc2ccccc21. The Bertz CT molecular complexity index is 394. The van der Waals surface area contributed by atoms with Gasteiger partial charge in [0.15, 0.2) is 0 Å². The number of benzene rings is 1. The Kier molecular flexibility index (Phi) is 5.74. The average molecular weight is 278 g/mol. The Hall–Kier alpha value is -0.510. The van der Waals surface area contributed by atoms with Gasteiger partial charge in [0.25, 0.3) is 0 Å². The first kappa shape index (κ1) is 14.9. The van der Waals surface area contributed by atoms with Crippen LogP contribution in [0.25, 0.3) is 0 Å². The van der Waals surface area contributed by atoms with Crippen LogP contribution in [-0.2, 0) is 0 Å². The predicted molar refractivity (Wildman–Crippen MR) is 84.9 cm³/mol. The summed E-state index contributed by atoms with van der Waals surface area (Å²) in [4.78, 5) is 3.90. The molecule has 1 aromatic carbocycles. The molecule has 1 aliphatic heterocycles. The van der Waals surface area contributed by atoms with E-state index in [1.807, 2.05) is 11.8 Å². The highest BCUT2D eigenvalue weighted by atomic mass is 32.2. The molecule has 0 radical (unpaired) electrons. The van der Waals surface area contributed by atoms with Crippen molar-refractivity contribution in [1.82, 2.24) is 10.2 Å². The Balaban J connectivity index is 1.84. The van der Waals surface area contributed by atoms with Gasteiger partial charge in [-0.1, -0.05) is 25.1 Å². The molecule has 1 N–H and O–H groups in total. The molecule has 3 heteroatoms. The van der Waals surface area contributed by atoms with Crippen molar-refractivity contribution in [3.05, 3.63) is 29.8 Å². The third kappa shape index (κ3) is 3.98. The van der Waals surface area contributed by atoms with Gasteiger partial charge in [-0.3, -0.25) is 0 Å². The van der Waals surface area contributed by atoms with Gasteiger partial charge in [0, 0.05) is 30.1 Å². The van der Waals surface area contributed by atoms with E-state index in [4.69, 9.17) is 0 Å². The maximum absolute atomic E-state index is 3.73. The van der Waals surface area contributed by atoms with Gasteiger partial charge in [0.1, 0.15) is 0 Å². The summed E-state index contributed by atoms with van der Waals surface area (Å²) in [5, 5.41) is 3.73. The van der Waals surface area contributed by atoms with Gasteiger partial charge in [0.05, 0.1) is 0 Å². The molecule has 0 saturated carbocycles. The van der Waals surface area contributed by atoms with Gasteiger partial charge in [-0.2, -0.15) is 0 Å². The standard InChI is InChI=1S/C16H26N2S/c1-4-13(2)18(3)11-10-17-15-9-12-19-16-8-6-5-7-14(15)16/h5-8,13,15,17H,4,9-12H2,1-3H3. The zero-order valence-corrected chi connectivity index (χ0v) is 13.2. The minimum atomic E-state index is 0.544. The molecule has 0 amide bonds. The molecular formula is C16H26N2S. The Morgan fingerprint density at radius 2 is 2.21 bits per heavy atom. The molecule has 2 nitrogen and oxygen atoms in total. The molecule has 0 aliphatic carbocycles. The molecule has 1 heterocycles. The van der Waals surface area contributed by atoms with Gasteiger partial charge in [-0.05, 0) is 44.2 Å². The summed E-state index contributed by atoms with van der Waals surface area (Å²) in [6, 6.07) is 10.0. The summed E-state index contributed by atoms with van der Waals surface area (Å²) in [6.45, 7) is 6.75. The van der Waals surface area contributed by atoms with Crippen molar-refractivity contribution in [1.29, 1.82) is 0 Å². The first-order chi connectivity index (χ1) is 9.22. The van der Waals surface area contributed by atoms with Gasteiger partial charge in [-0.15, -0.1) is 11.8 Å². The van der Waals surface area contributed by atoms with E-state index in [0.717, 1.165) is 13.1 Å². The van der Waals surface area contributed by atoms with Crippen molar-refractivity contribution >= 4 is 11.8 Å². The predicted octanol–water partition coefficient (Wildman–Crippen LogP) is 3.54. The van der Waals surface area contributed by atoms with Crippen LogP contribution in [0.3, 0.4) is 0 Å². The van der Waals surface area contributed by atoms with Crippen LogP contribution in [-0.4, -0.2) is 36.8 Å². The lowest BCUT2D eigenvalue weighted by Crippen LogP contribution is -2.36. The third-order valence-electron chi connectivity index (χ3n) is 4.16. The Morgan fingerprint density at radius 1 is 1.42 bits per heavy atom. The van der Waals surface area contributed by atoms with Crippen LogP contribution in [0.5, 0.6) is 0 Å². The average Bonchev–Trinajstić information content (AvgIpc) is 2.46. The van der Waals surface area contributed by atoms with Crippen LogP contribution in [0, 0.1) is 0 Å². The second-order valence-corrected chi connectivity index (χ2v) is 6.56. The van der Waals surface area contributed by atoms with Crippen molar-refractivity contribution in [2.24, 2.45) is 0 Å². The molecule has 1 aromatic rings.